The topological polar surface area (TPSA) is 307 Å². The molecule has 0 spiro atoms. The number of unbranched alkanes of at least 4 members (excludes halogenated alkanes) is 36. The van der Waals surface area contributed by atoms with Crippen LogP contribution in [0.4, 0.5) is 0 Å². The minimum atomic E-state index is -1.98. The number of aliphatic hydroxyl groups excluding tert-OH is 11. The lowest BCUT2D eigenvalue weighted by Gasteiger charge is -2.48. The van der Waals surface area contributed by atoms with E-state index in [2.05, 4.69) is 55.6 Å². The van der Waals surface area contributed by atoms with Crippen molar-refractivity contribution < 1.29 is 89.4 Å². The Kier molecular flexibility index (Phi) is 50.8. The smallest absolute Gasteiger partial charge is 0.220 e. The summed E-state index contributed by atoms with van der Waals surface area (Å²) in [6, 6.07) is -0.997. The molecule has 0 bridgehead atoms. The Bertz CT molecular complexity index is 1870. The van der Waals surface area contributed by atoms with Gasteiger partial charge in [-0.05, 0) is 70.6 Å². The first-order valence-electron chi connectivity index (χ1n) is 37.4. The molecule has 544 valence electrons. The fraction of sp³-hybridized carbons (Fsp3) is 0.878. The van der Waals surface area contributed by atoms with Gasteiger partial charge in [0.15, 0.2) is 18.9 Å². The number of hydrogen-bond donors (Lipinski definition) is 12. The second-order valence-corrected chi connectivity index (χ2v) is 26.7. The molecule has 3 aliphatic heterocycles. The Morgan fingerprint density at radius 2 is 0.688 bits per heavy atom. The minimum Gasteiger partial charge on any atom is -0.394 e. The monoisotopic (exact) mass is 1330 g/mol. The Morgan fingerprint density at radius 1 is 0.376 bits per heavy atom. The third-order valence-corrected chi connectivity index (χ3v) is 18.6. The number of allylic oxidation sites excluding steroid dienone is 7. The van der Waals surface area contributed by atoms with Crippen molar-refractivity contribution in [1.29, 1.82) is 0 Å². The average Bonchev–Trinajstić information content (AvgIpc) is 1.00. The number of hydrogen-bond acceptors (Lipinski definition) is 18. The molecule has 3 rings (SSSR count). The van der Waals surface area contributed by atoms with Crippen molar-refractivity contribution in [2.75, 3.05) is 26.4 Å². The van der Waals surface area contributed by atoms with Gasteiger partial charge in [0.05, 0.1) is 38.6 Å². The lowest BCUT2D eigenvalue weighted by atomic mass is 9.96. The van der Waals surface area contributed by atoms with Gasteiger partial charge < -0.3 is 89.9 Å². The molecule has 1 amide bonds. The number of carbonyl (C=O) groups excluding carboxylic acids is 1. The van der Waals surface area contributed by atoms with Gasteiger partial charge in [0.25, 0.3) is 0 Å². The van der Waals surface area contributed by atoms with Crippen LogP contribution in [0.15, 0.2) is 48.6 Å². The van der Waals surface area contributed by atoms with Gasteiger partial charge in [0, 0.05) is 6.42 Å². The van der Waals surface area contributed by atoms with Crippen molar-refractivity contribution in [3.63, 3.8) is 0 Å². The molecule has 0 aromatic heterocycles. The number of nitrogens with one attached hydrogen (secondary N) is 1. The molecule has 3 heterocycles. The Balaban J connectivity index is 1.40. The third-order valence-electron chi connectivity index (χ3n) is 18.6. The summed E-state index contributed by atoms with van der Waals surface area (Å²) in [4.78, 5) is 13.4. The van der Waals surface area contributed by atoms with E-state index in [-0.39, 0.29) is 18.9 Å². The molecular formula is C74H135NO18. The molecule has 0 saturated carbocycles. The molecule has 3 aliphatic rings. The van der Waals surface area contributed by atoms with Crippen LogP contribution < -0.4 is 5.32 Å². The van der Waals surface area contributed by atoms with E-state index >= 15 is 0 Å². The molecule has 0 aliphatic carbocycles. The Hall–Kier alpha value is -2.25. The molecule has 19 nitrogen and oxygen atoms in total. The highest BCUT2D eigenvalue weighted by atomic mass is 16.8. The van der Waals surface area contributed by atoms with Gasteiger partial charge >= 0.3 is 0 Å². The van der Waals surface area contributed by atoms with E-state index in [1.54, 1.807) is 6.08 Å². The SMILES string of the molecule is CCCCCCCCCC/C=C\CCCCCCCCCCCCCCCCCCCC(=O)NC(COC1OC(CO)C(OC2OC(CO)C(OC3OC(CO)C(O)C(O)C3O)C(O)C2O)C(O)C1O)C(O)/C=C/CC/C=C/CC/C=C/CCCCCCCCCCC. The number of carbonyl (C=O) groups is 1. The van der Waals surface area contributed by atoms with Crippen LogP contribution in [0, 0.1) is 0 Å². The molecule has 0 aromatic carbocycles. The number of amides is 1. The van der Waals surface area contributed by atoms with Crippen LogP contribution in [0.2, 0.25) is 0 Å². The van der Waals surface area contributed by atoms with Crippen molar-refractivity contribution in [2.24, 2.45) is 0 Å². The van der Waals surface area contributed by atoms with Crippen LogP contribution >= 0.6 is 0 Å². The highest BCUT2D eigenvalue weighted by Crippen LogP contribution is 2.33. The lowest BCUT2D eigenvalue weighted by molar-refractivity contribution is -0.379. The lowest BCUT2D eigenvalue weighted by Crippen LogP contribution is -2.66. The number of rotatable bonds is 58. The molecular weight excluding hydrogens is 1190 g/mol. The van der Waals surface area contributed by atoms with Crippen LogP contribution in [-0.2, 0) is 33.2 Å². The zero-order chi connectivity index (χ0) is 67.5. The van der Waals surface area contributed by atoms with Gasteiger partial charge in [-0.15, -0.1) is 0 Å². The quantitative estimate of drug-likeness (QED) is 0.0199. The zero-order valence-corrected chi connectivity index (χ0v) is 57.7. The van der Waals surface area contributed by atoms with E-state index in [9.17, 15) is 61.0 Å². The predicted octanol–water partition coefficient (Wildman–Crippen LogP) is 10.9. The molecule has 17 atom stereocenters. The van der Waals surface area contributed by atoms with Gasteiger partial charge in [-0.1, -0.05) is 255 Å². The maximum Gasteiger partial charge on any atom is 0.220 e. The maximum atomic E-state index is 13.4. The van der Waals surface area contributed by atoms with Gasteiger partial charge in [-0.3, -0.25) is 4.79 Å². The average molecular weight is 1330 g/mol. The molecule has 93 heavy (non-hydrogen) atoms. The summed E-state index contributed by atoms with van der Waals surface area (Å²) in [6.45, 7) is 1.73. The summed E-state index contributed by atoms with van der Waals surface area (Å²) in [5, 5.41) is 121. The van der Waals surface area contributed by atoms with Crippen LogP contribution in [0.1, 0.15) is 284 Å². The van der Waals surface area contributed by atoms with Crippen molar-refractivity contribution >= 4 is 5.91 Å². The minimum absolute atomic E-state index is 0.234. The summed E-state index contributed by atoms with van der Waals surface area (Å²) < 4.78 is 34.4. The maximum absolute atomic E-state index is 13.4. The highest BCUT2D eigenvalue weighted by molar-refractivity contribution is 5.76. The van der Waals surface area contributed by atoms with E-state index in [1.807, 2.05) is 6.08 Å². The third kappa shape index (κ3) is 37.0. The second-order valence-electron chi connectivity index (χ2n) is 26.7. The van der Waals surface area contributed by atoms with Crippen molar-refractivity contribution in [1.82, 2.24) is 5.32 Å². The summed E-state index contributed by atoms with van der Waals surface area (Å²) in [6.07, 6.45) is 41.0. The van der Waals surface area contributed by atoms with Crippen molar-refractivity contribution in [2.45, 2.75) is 388 Å². The molecule has 0 aromatic rings. The predicted molar refractivity (Wildman–Crippen MR) is 365 cm³/mol. The Labute approximate surface area is 561 Å². The first kappa shape index (κ1) is 85.0. The summed E-state index contributed by atoms with van der Waals surface area (Å²) in [7, 11) is 0. The highest BCUT2D eigenvalue weighted by Gasteiger charge is 2.53. The van der Waals surface area contributed by atoms with Gasteiger partial charge in [0.2, 0.25) is 5.91 Å². The fourth-order valence-electron chi connectivity index (χ4n) is 12.5. The largest absolute Gasteiger partial charge is 0.394 e. The first-order chi connectivity index (χ1) is 45.3. The van der Waals surface area contributed by atoms with Crippen LogP contribution in [-0.4, -0.2) is 193 Å². The van der Waals surface area contributed by atoms with E-state index in [1.165, 1.54) is 205 Å². The normalized spacial score (nSPS) is 27.8. The molecule has 0 radical (unpaired) electrons. The van der Waals surface area contributed by atoms with Gasteiger partial charge in [0.1, 0.15) is 73.2 Å². The molecule has 3 fully saturated rings. The van der Waals surface area contributed by atoms with Crippen LogP contribution in [0.25, 0.3) is 0 Å². The zero-order valence-electron chi connectivity index (χ0n) is 57.7. The first-order valence-corrected chi connectivity index (χ1v) is 37.4. The fourth-order valence-corrected chi connectivity index (χ4v) is 12.5. The standard InChI is InChI=1S/C74H135NO18/c1-3-5-7-9-11-13-15-17-19-21-23-24-25-26-27-28-29-30-31-32-34-36-38-40-42-44-46-48-50-52-62(80)75-57(58(79)51-49-47-45-43-41-39-37-35-33-22-20-18-16-14-12-10-8-6-4-2)56-88-72-68(86)65(83)70(60(54-77)90-72)93-74-69(87)66(84)71(61(55-78)91-74)92-73-67(85)64(82)63(81)59(53-76)89-73/h21,23,33,35,41,43,49,51,57-61,63-74,76-79,81-87H,3-20,22,24-32,34,36-40,42,44-48,50,52-56H2,1-2H3,(H,75,80)/b23-21-,35-33+,43-41+,51-49+. The van der Waals surface area contributed by atoms with Gasteiger partial charge in [-0.25, -0.2) is 0 Å². The van der Waals surface area contributed by atoms with E-state index in [0.717, 1.165) is 44.9 Å². The second kappa shape index (κ2) is 55.6. The van der Waals surface area contributed by atoms with Crippen molar-refractivity contribution in [3.05, 3.63) is 48.6 Å². The Morgan fingerprint density at radius 3 is 1.08 bits per heavy atom. The van der Waals surface area contributed by atoms with Crippen LogP contribution in [0.5, 0.6) is 0 Å². The summed E-state index contributed by atoms with van der Waals surface area (Å²) in [5.41, 5.74) is 0. The van der Waals surface area contributed by atoms with E-state index in [0.29, 0.717) is 12.8 Å². The molecule has 17 unspecified atom stereocenters. The van der Waals surface area contributed by atoms with E-state index < -0.39 is 124 Å². The van der Waals surface area contributed by atoms with Gasteiger partial charge in [-0.2, -0.15) is 0 Å². The van der Waals surface area contributed by atoms with Crippen molar-refractivity contribution in [3.8, 4) is 0 Å². The summed E-state index contributed by atoms with van der Waals surface area (Å²) >= 11 is 0. The number of aliphatic hydroxyl groups is 11. The molecule has 19 heteroatoms. The molecule has 12 N–H and O–H groups in total. The molecule has 3 saturated heterocycles. The van der Waals surface area contributed by atoms with E-state index in [4.69, 9.17) is 28.4 Å². The number of ether oxygens (including phenoxy) is 6. The summed E-state index contributed by atoms with van der Waals surface area (Å²) in [5.74, 6) is -0.286. The van der Waals surface area contributed by atoms with Crippen LogP contribution in [0.3, 0.4) is 0 Å².